The molecular weight excluding hydrogens is 257 g/mol. The van der Waals surface area contributed by atoms with Gasteiger partial charge in [0, 0.05) is 6.54 Å². The second-order valence-corrected chi connectivity index (χ2v) is 4.51. The van der Waals surface area contributed by atoms with Crippen LogP contribution in [0.25, 0.3) is 0 Å². The molecule has 0 radical (unpaired) electrons. The molecule has 104 valence electrons. The van der Waals surface area contributed by atoms with Crippen LogP contribution in [0.5, 0.6) is 5.75 Å². The first-order valence-corrected chi connectivity index (χ1v) is 6.27. The number of nitrogens with one attached hydrogen (secondary N) is 1. The molecule has 4 heteroatoms. The van der Waals surface area contributed by atoms with Gasteiger partial charge in [-0.15, -0.1) is 0 Å². The highest BCUT2D eigenvalue weighted by Gasteiger charge is 2.12. The van der Waals surface area contributed by atoms with E-state index in [4.69, 9.17) is 4.74 Å². The Morgan fingerprint density at radius 3 is 2.55 bits per heavy atom. The molecule has 2 aromatic carbocycles. The molecule has 20 heavy (non-hydrogen) atoms. The van der Waals surface area contributed by atoms with E-state index < -0.39 is 0 Å². The van der Waals surface area contributed by atoms with Crippen molar-refractivity contribution >= 4 is 5.91 Å². The van der Waals surface area contributed by atoms with E-state index >= 15 is 0 Å². The van der Waals surface area contributed by atoms with Gasteiger partial charge in [-0.25, -0.2) is 4.39 Å². The zero-order chi connectivity index (χ0) is 14.5. The lowest BCUT2D eigenvalue weighted by Crippen LogP contribution is -2.23. The van der Waals surface area contributed by atoms with Crippen molar-refractivity contribution in [3.8, 4) is 5.75 Å². The molecule has 0 aromatic heterocycles. The molecule has 1 N–H and O–H groups in total. The van der Waals surface area contributed by atoms with E-state index in [0.717, 1.165) is 11.1 Å². The summed E-state index contributed by atoms with van der Waals surface area (Å²) < 4.78 is 18.0. The molecule has 2 aromatic rings. The minimum atomic E-state index is -0.291. The summed E-state index contributed by atoms with van der Waals surface area (Å²) >= 11 is 0. The second-order valence-electron chi connectivity index (χ2n) is 4.51. The Morgan fingerprint density at radius 2 is 1.90 bits per heavy atom. The highest BCUT2D eigenvalue weighted by Crippen LogP contribution is 2.19. The zero-order valence-corrected chi connectivity index (χ0v) is 11.4. The van der Waals surface area contributed by atoms with Crippen molar-refractivity contribution in [2.75, 3.05) is 7.11 Å². The second kappa shape index (κ2) is 6.19. The molecule has 2 rings (SSSR count). The van der Waals surface area contributed by atoms with Gasteiger partial charge in [-0.05, 0) is 36.8 Å². The Bertz CT molecular complexity index is 608. The molecule has 0 aliphatic rings. The highest BCUT2D eigenvalue weighted by molar-refractivity contribution is 5.97. The summed E-state index contributed by atoms with van der Waals surface area (Å²) in [7, 11) is 1.53. The Kier molecular flexibility index (Phi) is 4.35. The number of carbonyl (C=O) groups excluding carboxylic acids is 1. The molecule has 1 amide bonds. The molecule has 0 bridgehead atoms. The van der Waals surface area contributed by atoms with Crippen molar-refractivity contribution in [1.29, 1.82) is 0 Å². The van der Waals surface area contributed by atoms with Crippen molar-refractivity contribution < 1.29 is 13.9 Å². The first kappa shape index (κ1) is 14.1. The van der Waals surface area contributed by atoms with Crippen LogP contribution < -0.4 is 10.1 Å². The van der Waals surface area contributed by atoms with Gasteiger partial charge < -0.3 is 10.1 Å². The Morgan fingerprint density at radius 1 is 1.20 bits per heavy atom. The third-order valence-corrected chi connectivity index (χ3v) is 2.97. The van der Waals surface area contributed by atoms with Crippen LogP contribution in [0.2, 0.25) is 0 Å². The molecule has 0 saturated carbocycles. The lowest BCUT2D eigenvalue weighted by atomic mass is 10.1. The lowest BCUT2D eigenvalue weighted by Gasteiger charge is -2.10. The summed E-state index contributed by atoms with van der Waals surface area (Å²) in [6.45, 7) is 2.26. The van der Waals surface area contributed by atoms with E-state index in [1.807, 2.05) is 13.0 Å². The third-order valence-electron chi connectivity index (χ3n) is 2.97. The number of rotatable bonds is 4. The van der Waals surface area contributed by atoms with Gasteiger partial charge in [0.1, 0.15) is 11.6 Å². The average molecular weight is 273 g/mol. The summed E-state index contributed by atoms with van der Waals surface area (Å²) in [4.78, 5) is 12.2. The Hall–Kier alpha value is -2.36. The van der Waals surface area contributed by atoms with Gasteiger partial charge in [-0.2, -0.15) is 0 Å². The van der Waals surface area contributed by atoms with Gasteiger partial charge in [0.15, 0.2) is 0 Å². The van der Waals surface area contributed by atoms with E-state index in [-0.39, 0.29) is 11.7 Å². The van der Waals surface area contributed by atoms with Gasteiger partial charge in [-0.1, -0.05) is 23.8 Å². The molecule has 0 aliphatic carbocycles. The summed E-state index contributed by atoms with van der Waals surface area (Å²) in [5.41, 5.74) is 2.32. The molecule has 0 spiro atoms. The van der Waals surface area contributed by atoms with Crippen LogP contribution in [0.1, 0.15) is 21.5 Å². The van der Waals surface area contributed by atoms with Crippen LogP contribution in [-0.2, 0) is 6.54 Å². The van der Waals surface area contributed by atoms with Crippen molar-refractivity contribution in [2.24, 2.45) is 0 Å². The molecule has 0 heterocycles. The van der Waals surface area contributed by atoms with Gasteiger partial charge >= 0.3 is 0 Å². The number of methoxy groups -OCH3 is 1. The van der Waals surface area contributed by atoms with Crippen LogP contribution in [0, 0.1) is 12.7 Å². The first-order valence-electron chi connectivity index (χ1n) is 6.27. The molecule has 3 nitrogen and oxygen atoms in total. The molecular formula is C16H16FNO2. The molecule has 0 atom stereocenters. The van der Waals surface area contributed by atoms with E-state index in [1.165, 1.54) is 19.2 Å². The quantitative estimate of drug-likeness (QED) is 0.929. The van der Waals surface area contributed by atoms with Gasteiger partial charge in [0.05, 0.1) is 12.7 Å². The minimum absolute atomic E-state index is 0.213. The number of hydrogen-bond acceptors (Lipinski definition) is 2. The van der Waals surface area contributed by atoms with Crippen LogP contribution in [-0.4, -0.2) is 13.0 Å². The number of benzene rings is 2. The summed E-state index contributed by atoms with van der Waals surface area (Å²) in [5, 5.41) is 2.80. The smallest absolute Gasteiger partial charge is 0.255 e. The number of carbonyl (C=O) groups is 1. The maximum atomic E-state index is 12.8. The largest absolute Gasteiger partial charge is 0.496 e. The topological polar surface area (TPSA) is 38.3 Å². The number of ether oxygens (including phenoxy) is 1. The van der Waals surface area contributed by atoms with Crippen LogP contribution in [0.4, 0.5) is 4.39 Å². The van der Waals surface area contributed by atoms with Crippen LogP contribution in [0.15, 0.2) is 42.5 Å². The normalized spacial score (nSPS) is 10.2. The predicted molar refractivity (Wildman–Crippen MR) is 75.3 cm³/mol. The molecule has 0 unspecified atom stereocenters. The maximum Gasteiger partial charge on any atom is 0.255 e. The number of hydrogen-bond donors (Lipinski definition) is 1. The van der Waals surface area contributed by atoms with Crippen molar-refractivity contribution in [3.05, 3.63) is 65.0 Å². The van der Waals surface area contributed by atoms with Crippen molar-refractivity contribution in [1.82, 2.24) is 5.32 Å². The van der Waals surface area contributed by atoms with Gasteiger partial charge in [0.25, 0.3) is 5.91 Å². The maximum absolute atomic E-state index is 12.8. The predicted octanol–water partition coefficient (Wildman–Crippen LogP) is 3.07. The van der Waals surface area contributed by atoms with E-state index in [1.54, 1.807) is 24.3 Å². The SMILES string of the molecule is COc1ccc(C)cc1C(=O)NCc1ccc(F)cc1. The summed E-state index contributed by atoms with van der Waals surface area (Å²) in [5.74, 6) is 0.0301. The lowest BCUT2D eigenvalue weighted by molar-refractivity contribution is 0.0948. The fourth-order valence-corrected chi connectivity index (χ4v) is 1.88. The summed E-state index contributed by atoms with van der Waals surface area (Å²) in [6, 6.07) is 11.5. The van der Waals surface area contributed by atoms with E-state index in [9.17, 15) is 9.18 Å². The number of amides is 1. The van der Waals surface area contributed by atoms with Gasteiger partial charge in [-0.3, -0.25) is 4.79 Å². The van der Waals surface area contributed by atoms with Crippen molar-refractivity contribution in [2.45, 2.75) is 13.5 Å². The van der Waals surface area contributed by atoms with Crippen LogP contribution >= 0.6 is 0 Å². The number of halogens is 1. The molecule has 0 fully saturated rings. The third kappa shape index (κ3) is 3.35. The fraction of sp³-hybridized carbons (Fsp3) is 0.188. The average Bonchev–Trinajstić information content (AvgIpc) is 2.46. The van der Waals surface area contributed by atoms with E-state index in [2.05, 4.69) is 5.32 Å². The molecule has 0 saturated heterocycles. The van der Waals surface area contributed by atoms with E-state index in [0.29, 0.717) is 17.9 Å². The molecule has 0 aliphatic heterocycles. The first-order chi connectivity index (χ1) is 9.60. The minimum Gasteiger partial charge on any atom is -0.496 e. The van der Waals surface area contributed by atoms with Crippen LogP contribution in [0.3, 0.4) is 0 Å². The Balaban J connectivity index is 2.08. The zero-order valence-electron chi connectivity index (χ0n) is 11.4. The monoisotopic (exact) mass is 273 g/mol. The van der Waals surface area contributed by atoms with Gasteiger partial charge in [0.2, 0.25) is 0 Å². The highest BCUT2D eigenvalue weighted by atomic mass is 19.1. The standard InChI is InChI=1S/C16H16FNO2/c1-11-3-8-15(20-2)14(9-11)16(19)18-10-12-4-6-13(17)7-5-12/h3-9H,10H2,1-2H3,(H,18,19). The Labute approximate surface area is 117 Å². The number of aryl methyl sites for hydroxylation is 1. The fourth-order valence-electron chi connectivity index (χ4n) is 1.88. The van der Waals surface area contributed by atoms with Crippen molar-refractivity contribution in [3.63, 3.8) is 0 Å². The summed E-state index contributed by atoms with van der Waals surface area (Å²) in [6.07, 6.45) is 0.